The molecule has 0 unspecified atom stereocenters. The first kappa shape index (κ1) is 13.7. The maximum absolute atomic E-state index is 4.47. The Bertz CT molecular complexity index is 407. The van der Waals surface area contributed by atoms with Crippen LogP contribution in [0.4, 0.5) is 11.6 Å². The van der Waals surface area contributed by atoms with E-state index in [0.717, 1.165) is 24.7 Å². The van der Waals surface area contributed by atoms with Crippen LogP contribution in [0.1, 0.15) is 57.8 Å². The minimum Gasteiger partial charge on any atom is -0.367 e. The van der Waals surface area contributed by atoms with E-state index in [9.17, 15) is 0 Å². The molecule has 1 aliphatic heterocycles. The van der Waals surface area contributed by atoms with Crippen LogP contribution in [0.3, 0.4) is 0 Å². The predicted octanol–water partition coefficient (Wildman–Crippen LogP) is 3.60. The molecule has 0 bridgehead atoms. The summed E-state index contributed by atoms with van der Waals surface area (Å²) >= 11 is 0. The van der Waals surface area contributed by atoms with Gasteiger partial charge in [0.25, 0.3) is 0 Å². The fourth-order valence-corrected chi connectivity index (χ4v) is 3.35. The summed E-state index contributed by atoms with van der Waals surface area (Å²) in [6.45, 7) is 2.28. The van der Waals surface area contributed by atoms with Gasteiger partial charge in [-0.1, -0.05) is 32.1 Å². The van der Waals surface area contributed by atoms with Gasteiger partial charge >= 0.3 is 0 Å². The molecule has 4 heteroatoms. The molecule has 0 amide bonds. The topological polar surface area (TPSA) is 41.1 Å². The number of hydrogen-bond acceptors (Lipinski definition) is 4. The van der Waals surface area contributed by atoms with E-state index >= 15 is 0 Å². The molecule has 1 saturated carbocycles. The van der Waals surface area contributed by atoms with Crippen molar-refractivity contribution in [3.05, 3.63) is 12.4 Å². The van der Waals surface area contributed by atoms with Crippen LogP contribution in [0.15, 0.2) is 12.4 Å². The molecule has 2 aliphatic rings. The Morgan fingerprint density at radius 2 is 1.60 bits per heavy atom. The second kappa shape index (κ2) is 6.91. The molecule has 0 atom stereocenters. The number of nitrogens with zero attached hydrogens (tertiary/aromatic N) is 3. The lowest BCUT2D eigenvalue weighted by Gasteiger charge is -2.25. The molecule has 1 aromatic rings. The summed E-state index contributed by atoms with van der Waals surface area (Å²) < 4.78 is 0. The molecule has 1 saturated heterocycles. The van der Waals surface area contributed by atoms with Crippen molar-refractivity contribution in [1.82, 2.24) is 9.97 Å². The zero-order valence-corrected chi connectivity index (χ0v) is 12.4. The average molecular weight is 274 g/mol. The second-order valence-electron chi connectivity index (χ2n) is 6.14. The molecular formula is C16H26N4. The third kappa shape index (κ3) is 3.62. The number of anilines is 2. The van der Waals surface area contributed by atoms with Gasteiger partial charge in [0, 0.05) is 25.2 Å². The largest absolute Gasteiger partial charge is 0.367 e. The van der Waals surface area contributed by atoms with E-state index in [1.165, 1.54) is 57.8 Å². The van der Waals surface area contributed by atoms with Gasteiger partial charge in [-0.25, -0.2) is 9.97 Å². The van der Waals surface area contributed by atoms with Gasteiger partial charge in [-0.3, -0.25) is 0 Å². The van der Waals surface area contributed by atoms with E-state index in [2.05, 4.69) is 26.3 Å². The van der Waals surface area contributed by atoms with E-state index in [-0.39, 0.29) is 0 Å². The highest BCUT2D eigenvalue weighted by molar-refractivity contribution is 5.49. The predicted molar refractivity (Wildman–Crippen MR) is 83.2 cm³/mol. The Morgan fingerprint density at radius 1 is 0.900 bits per heavy atom. The van der Waals surface area contributed by atoms with Crippen LogP contribution < -0.4 is 10.2 Å². The molecule has 2 heterocycles. The van der Waals surface area contributed by atoms with Crippen molar-refractivity contribution in [1.29, 1.82) is 0 Å². The van der Waals surface area contributed by atoms with Crippen molar-refractivity contribution >= 4 is 11.6 Å². The molecule has 4 nitrogen and oxygen atoms in total. The lowest BCUT2D eigenvalue weighted by molar-refractivity contribution is 0.462. The highest BCUT2D eigenvalue weighted by Gasteiger charge is 2.15. The lowest BCUT2D eigenvalue weighted by Crippen LogP contribution is -2.26. The van der Waals surface area contributed by atoms with Gasteiger partial charge in [-0.15, -0.1) is 0 Å². The van der Waals surface area contributed by atoms with Crippen molar-refractivity contribution in [2.45, 2.75) is 63.8 Å². The molecule has 0 aromatic carbocycles. The van der Waals surface area contributed by atoms with Crippen LogP contribution in [-0.2, 0) is 0 Å². The first-order valence-corrected chi connectivity index (χ1v) is 8.25. The van der Waals surface area contributed by atoms with Gasteiger partial charge in [0.1, 0.15) is 18.0 Å². The van der Waals surface area contributed by atoms with Crippen molar-refractivity contribution in [3.63, 3.8) is 0 Å². The summed E-state index contributed by atoms with van der Waals surface area (Å²) in [5.74, 6) is 2.10. The van der Waals surface area contributed by atoms with Crippen LogP contribution in [0, 0.1) is 0 Å². The molecule has 2 fully saturated rings. The Kier molecular flexibility index (Phi) is 4.72. The van der Waals surface area contributed by atoms with E-state index in [4.69, 9.17) is 0 Å². The normalized spacial score (nSPS) is 21.5. The number of nitrogens with one attached hydrogen (secondary N) is 1. The molecular weight excluding hydrogens is 248 g/mol. The fourth-order valence-electron chi connectivity index (χ4n) is 3.35. The van der Waals surface area contributed by atoms with E-state index in [1.54, 1.807) is 6.33 Å². The number of hydrogen-bond donors (Lipinski definition) is 1. The zero-order valence-electron chi connectivity index (χ0n) is 12.4. The highest BCUT2D eigenvalue weighted by atomic mass is 15.2. The summed E-state index contributed by atoms with van der Waals surface area (Å²) in [4.78, 5) is 11.3. The van der Waals surface area contributed by atoms with Crippen molar-refractivity contribution in [3.8, 4) is 0 Å². The molecule has 1 N–H and O–H groups in total. The van der Waals surface area contributed by atoms with Gasteiger partial charge in [0.15, 0.2) is 0 Å². The first-order valence-electron chi connectivity index (χ1n) is 8.25. The smallest absolute Gasteiger partial charge is 0.134 e. The van der Waals surface area contributed by atoms with Gasteiger partial charge in [-0.05, 0) is 25.7 Å². The Hall–Kier alpha value is -1.32. The molecule has 110 valence electrons. The number of aromatic nitrogens is 2. The molecule has 3 rings (SSSR count). The van der Waals surface area contributed by atoms with Crippen LogP contribution in [0.5, 0.6) is 0 Å². The summed E-state index contributed by atoms with van der Waals surface area (Å²) in [6, 6.07) is 2.75. The minimum atomic E-state index is 0.607. The maximum atomic E-state index is 4.47. The van der Waals surface area contributed by atoms with Gasteiger partial charge in [0.05, 0.1) is 0 Å². The van der Waals surface area contributed by atoms with Crippen molar-refractivity contribution < 1.29 is 0 Å². The van der Waals surface area contributed by atoms with Crippen molar-refractivity contribution in [2.75, 3.05) is 23.3 Å². The monoisotopic (exact) mass is 274 g/mol. The standard InChI is InChI=1S/C16H26N4/c1-2-7-11-20(10-6-1)16-12-15(17-13-18-16)19-14-8-4-3-5-9-14/h12-14H,1-11H2,(H,17,18,19). The first-order chi connectivity index (χ1) is 9.92. The summed E-state index contributed by atoms with van der Waals surface area (Å²) in [7, 11) is 0. The molecule has 1 aromatic heterocycles. The highest BCUT2D eigenvalue weighted by Crippen LogP contribution is 2.23. The van der Waals surface area contributed by atoms with E-state index < -0.39 is 0 Å². The van der Waals surface area contributed by atoms with Crippen LogP contribution >= 0.6 is 0 Å². The van der Waals surface area contributed by atoms with Crippen molar-refractivity contribution in [2.24, 2.45) is 0 Å². The third-order valence-corrected chi connectivity index (χ3v) is 4.54. The van der Waals surface area contributed by atoms with Gasteiger partial charge in [-0.2, -0.15) is 0 Å². The Morgan fingerprint density at radius 3 is 2.35 bits per heavy atom. The maximum Gasteiger partial charge on any atom is 0.134 e. The lowest BCUT2D eigenvalue weighted by atomic mass is 9.95. The van der Waals surface area contributed by atoms with E-state index in [0.29, 0.717) is 6.04 Å². The van der Waals surface area contributed by atoms with Crippen LogP contribution in [0.2, 0.25) is 0 Å². The van der Waals surface area contributed by atoms with Crippen LogP contribution in [0.25, 0.3) is 0 Å². The minimum absolute atomic E-state index is 0.607. The summed E-state index contributed by atoms with van der Waals surface area (Å²) in [5, 5.41) is 3.60. The van der Waals surface area contributed by atoms with Gasteiger partial charge < -0.3 is 10.2 Å². The van der Waals surface area contributed by atoms with Crippen LogP contribution in [-0.4, -0.2) is 29.1 Å². The number of rotatable bonds is 3. The van der Waals surface area contributed by atoms with Gasteiger partial charge in [0.2, 0.25) is 0 Å². The zero-order chi connectivity index (χ0) is 13.6. The summed E-state index contributed by atoms with van der Waals surface area (Å²) in [6.07, 6.45) is 13.6. The quantitative estimate of drug-likeness (QED) is 0.914. The molecule has 1 aliphatic carbocycles. The van der Waals surface area contributed by atoms with E-state index in [1.807, 2.05) is 0 Å². The average Bonchev–Trinajstić information content (AvgIpc) is 2.78. The second-order valence-corrected chi connectivity index (χ2v) is 6.14. The molecule has 0 radical (unpaired) electrons. The third-order valence-electron chi connectivity index (χ3n) is 4.54. The fraction of sp³-hybridized carbons (Fsp3) is 0.750. The Balaban J connectivity index is 1.65. The molecule has 0 spiro atoms. The SMILES string of the molecule is c1nc(NC2CCCCC2)cc(N2CCCCCC2)n1. The summed E-state index contributed by atoms with van der Waals surface area (Å²) in [5.41, 5.74) is 0. The Labute approximate surface area is 122 Å². The molecule has 20 heavy (non-hydrogen) atoms.